The molecule has 0 saturated carbocycles. The zero-order valence-corrected chi connectivity index (χ0v) is 84.9. The summed E-state index contributed by atoms with van der Waals surface area (Å²) in [5, 5.41) is 106. The third kappa shape index (κ3) is 39.1. The number of H-pyrrole nitrogens is 1. The van der Waals surface area contributed by atoms with E-state index in [4.69, 9.17) is 22.6 Å². The number of nitrogens with zero attached hydrogens (tertiary/aromatic N) is 3. The van der Waals surface area contributed by atoms with Crippen molar-refractivity contribution < 1.29 is 107 Å². The van der Waals surface area contributed by atoms with E-state index < -0.39 is 240 Å². The quantitative estimate of drug-likeness (QED) is 0.00796. The molecule has 8 rings (SSSR count). The summed E-state index contributed by atoms with van der Waals surface area (Å²) < 4.78 is 0. The number of hydrogen-bond acceptors (Lipinski definition) is 29. The molecule has 804 valence electrons. The van der Waals surface area contributed by atoms with Crippen LogP contribution in [0.3, 0.4) is 0 Å². The van der Waals surface area contributed by atoms with Crippen molar-refractivity contribution in [1.29, 1.82) is 5.41 Å². The number of unbranched alkanes of at least 4 members (excludes halogenated alkanes) is 2. The number of hydrogen-bond donors (Lipinski definition) is 29. The van der Waals surface area contributed by atoms with Crippen molar-refractivity contribution in [3.05, 3.63) is 138 Å². The molecule has 0 spiro atoms. The van der Waals surface area contributed by atoms with Crippen molar-refractivity contribution in [2.75, 3.05) is 57.4 Å². The van der Waals surface area contributed by atoms with Gasteiger partial charge >= 0.3 is 0 Å². The van der Waals surface area contributed by atoms with Crippen LogP contribution in [0, 0.1) is 5.41 Å². The Morgan fingerprint density at radius 1 is 0.395 bits per heavy atom. The number of carbonyl (C=O) groups excluding carboxylic acids is 17. The van der Waals surface area contributed by atoms with Gasteiger partial charge in [0.25, 0.3) is 0 Å². The summed E-state index contributed by atoms with van der Waals surface area (Å²) in [5.41, 5.74) is 18.9. The van der Waals surface area contributed by atoms with E-state index in [1.807, 2.05) is 27.7 Å². The van der Waals surface area contributed by atoms with Crippen LogP contribution in [0.2, 0.25) is 0 Å². The number of guanidine groups is 1. The molecule has 16 atom stereocenters. The molecular weight excluding hydrogens is 1940 g/mol. The number of fused-ring (bicyclic) bond motifs is 2. The zero-order valence-electron chi connectivity index (χ0n) is 83.1. The highest BCUT2D eigenvalue weighted by molar-refractivity contribution is 7.80. The van der Waals surface area contributed by atoms with Crippen molar-refractivity contribution in [3.8, 4) is 23.0 Å². The summed E-state index contributed by atoms with van der Waals surface area (Å²) in [6, 6.07) is -3.46. The first-order valence-electron chi connectivity index (χ1n) is 49.5. The highest BCUT2D eigenvalue weighted by atomic mass is 32.1. The lowest BCUT2D eigenvalue weighted by Gasteiger charge is -2.31. The van der Waals surface area contributed by atoms with E-state index in [0.29, 0.717) is 54.6 Å². The highest BCUT2D eigenvalue weighted by Crippen LogP contribution is 2.26. The van der Waals surface area contributed by atoms with Crippen LogP contribution in [-0.4, -0.2) is 318 Å². The van der Waals surface area contributed by atoms with Gasteiger partial charge in [-0.3, -0.25) is 86.9 Å². The summed E-state index contributed by atoms with van der Waals surface area (Å²) in [6.07, 6.45) is 1.26. The number of benzene rings is 4. The van der Waals surface area contributed by atoms with Gasteiger partial charge in [0.1, 0.15) is 120 Å². The van der Waals surface area contributed by atoms with Gasteiger partial charge in [0.05, 0.1) is 18.6 Å². The topological polar surface area (TPSA) is 733 Å². The normalized spacial score (nSPS) is 24.2. The van der Waals surface area contributed by atoms with Gasteiger partial charge in [-0.05, 0) is 194 Å². The molecule has 0 unspecified atom stereocenters. The highest BCUT2D eigenvalue weighted by Gasteiger charge is 2.44. The van der Waals surface area contributed by atoms with Crippen LogP contribution in [-0.2, 0) is 114 Å². The minimum atomic E-state index is -1.84. The molecule has 30 N–H and O–H groups in total. The number of nitrogens with one attached hydrogen (secondary N) is 19. The predicted octanol–water partition coefficient (Wildman–Crippen LogP) is -4.00. The average molecular weight is 2090 g/mol. The fourth-order valence-corrected chi connectivity index (χ4v) is 17.4. The predicted molar refractivity (Wildman–Crippen MR) is 546 cm³/mol. The van der Waals surface area contributed by atoms with E-state index in [-0.39, 0.29) is 163 Å². The lowest BCUT2D eigenvalue weighted by molar-refractivity contribution is -0.142. The Hall–Kier alpha value is -13.9. The Bertz CT molecular complexity index is 5250. The number of phenols is 4. The second kappa shape index (κ2) is 60.3. The Labute approximate surface area is 863 Å². The van der Waals surface area contributed by atoms with Gasteiger partial charge in [-0.15, -0.1) is 0 Å². The lowest BCUT2D eigenvalue weighted by Crippen LogP contribution is -2.62. The van der Waals surface area contributed by atoms with E-state index in [0.717, 1.165) is 0 Å². The molecule has 1 aromatic heterocycles. The smallest absolute Gasteiger partial charge is 0.245 e. The fraction of sp³-hybridized carbons (Fsp3) is 0.541. The first-order chi connectivity index (χ1) is 70.1. The van der Waals surface area contributed by atoms with Crippen LogP contribution in [0.4, 0.5) is 0 Å². The Morgan fingerprint density at radius 3 is 1.07 bits per heavy atom. The van der Waals surface area contributed by atoms with Crippen LogP contribution in [0.1, 0.15) is 165 Å². The summed E-state index contributed by atoms with van der Waals surface area (Å²) in [5.74, 6) is -18.8. The molecular formula is C98H143N25O22S2. The van der Waals surface area contributed by atoms with Gasteiger partial charge in [0, 0.05) is 87.9 Å². The number of aromatic nitrogens is 2. The third-order valence-corrected chi connectivity index (χ3v) is 25.7. The maximum absolute atomic E-state index is 15.6. The van der Waals surface area contributed by atoms with Gasteiger partial charge in [-0.2, -0.15) is 25.3 Å². The Kier molecular flexibility index (Phi) is 48.5. The average Bonchev–Trinajstić information content (AvgIpc) is 1.73. The lowest BCUT2D eigenvalue weighted by atomic mass is 10.0. The van der Waals surface area contributed by atoms with Gasteiger partial charge in [-0.25, -0.2) is 4.98 Å². The van der Waals surface area contributed by atoms with E-state index in [1.165, 1.54) is 126 Å². The Balaban J connectivity index is 1.20. The molecule has 3 saturated heterocycles. The number of rotatable bonds is 35. The number of aromatic hydroxyl groups is 4. The molecule has 147 heavy (non-hydrogen) atoms. The second-order valence-corrected chi connectivity index (χ2v) is 38.1. The minimum absolute atomic E-state index is 0.00967. The standard InChI is InChI=1S/C98H143N25O22S2/c1-54(2)104-39-9-7-15-70-97(145)123-43-13-19-80(123)95(143)118-74(47-60-26-34-65(128)35-27-60)87(135)117-75(48-61-49-103-53-107-61)90(138)115-73(46-59-24-32-64(127)33-25-59)89(137)121-78(52-147)93(141)119-76(50-124)91(139)108-56(5)96(144)122-42-12-18-79(122)94(142)112-68(16-10-40-105-55(3)4)82(130)110-67(17-11-41-106-98(101)102)84(132)114-72(45-58-22-30-63(126)31-23-58)88(136)120-77(51-146)92(140)116-71(44-57-20-28-62(125)29-21-57)86(134)111-69(36-37-81(100)129)85(133)109-66(83(131)113-70)14-6-8-38-99/h20-35,49,53-56,66-80,104-105,124-128,146-147H,6-19,36-48,50-52,99H2,1-5H3,(H2,100,129)(H,103,107)(H,108,139)(H,109,133)(H,110,130)(H,111,134)(H,112,142)(H,113,131)(H,114,132)(H,115,138)(H,116,140)(H,117,135)(H,118,143)(H,119,141)(H,120,136)(H,121,137)(H4,101,102,106)/t56-,66-,67-,68-,69-,70+,71-,72-,73-,74-,75-,76-,77-,78-,79+,80-/m0/s1. The number of aromatic amines is 1. The van der Waals surface area contributed by atoms with Crippen molar-refractivity contribution >= 4 is 132 Å². The van der Waals surface area contributed by atoms with E-state index in [1.54, 1.807) is 0 Å². The summed E-state index contributed by atoms with van der Waals surface area (Å²) in [4.78, 5) is 263. The largest absolute Gasteiger partial charge is 0.508 e. The monoisotopic (exact) mass is 2090 g/mol. The van der Waals surface area contributed by atoms with E-state index in [2.05, 4.69) is 126 Å². The van der Waals surface area contributed by atoms with Crippen LogP contribution in [0.5, 0.6) is 23.0 Å². The summed E-state index contributed by atoms with van der Waals surface area (Å²) >= 11 is 8.80. The van der Waals surface area contributed by atoms with Crippen LogP contribution < -0.4 is 108 Å². The van der Waals surface area contributed by atoms with Crippen molar-refractivity contribution in [1.82, 2.24) is 110 Å². The SMILES string of the molecule is CC(C)NCCCC[C@H]1NC(=O)[C@H](CCCCN)NC(=O)[C@H](CCC(N)=O)NC(=O)[C@H](Cc2ccc(O)cc2)NC(=O)[C@H](CS)NC(=O)[C@H](Cc2ccc(O)cc2)NC(=O)[C@H](CCCNC(=N)N)NC(=O)[C@H](CCCNC(C)C)NC(=O)[C@H]2CCCN2C(=O)[C@H](C)NC(=O)[C@H](CO)NC(=O)[C@H](CS)NC(=O)[C@H](Cc2ccc(O)cc2)NC(=O)[C@H](Cc2c[nH]cn2)NC(=O)[C@H](Cc2ccc(O)cc2)NC(=O)[C@@H]2CCCN2C1=O. The van der Waals surface area contributed by atoms with Gasteiger partial charge < -0.3 is 148 Å². The molecule has 0 radical (unpaired) electrons. The summed E-state index contributed by atoms with van der Waals surface area (Å²) in [6.45, 7) is 8.55. The van der Waals surface area contributed by atoms with E-state index in [9.17, 15) is 54.3 Å². The molecule has 0 bridgehead atoms. The van der Waals surface area contributed by atoms with E-state index >= 15 is 52.7 Å². The van der Waals surface area contributed by atoms with Crippen molar-refractivity contribution in [2.45, 2.75) is 278 Å². The number of primary amides is 1. The molecule has 17 amide bonds. The zero-order chi connectivity index (χ0) is 108. The number of carbonyl (C=O) groups is 17. The minimum Gasteiger partial charge on any atom is -0.508 e. The summed E-state index contributed by atoms with van der Waals surface area (Å²) in [7, 11) is 0. The van der Waals surface area contributed by atoms with Crippen LogP contribution in [0.15, 0.2) is 110 Å². The maximum atomic E-state index is 15.6. The van der Waals surface area contributed by atoms with Crippen molar-refractivity contribution in [3.63, 3.8) is 0 Å². The number of thiol groups is 2. The number of aliphatic hydroxyl groups excluding tert-OH is 1. The fourth-order valence-electron chi connectivity index (χ4n) is 16.9. The Morgan fingerprint density at radius 2 is 0.701 bits per heavy atom. The number of imidazole rings is 1. The second-order valence-electron chi connectivity index (χ2n) is 37.3. The number of nitrogens with two attached hydrogens (primary N) is 3. The molecule has 4 heterocycles. The molecule has 0 aliphatic carbocycles. The van der Waals surface area contributed by atoms with Crippen LogP contribution >= 0.6 is 25.3 Å². The number of phenolic OH excluding ortho intramolecular Hbond substituents is 4. The molecule has 49 heteroatoms. The maximum Gasteiger partial charge on any atom is 0.245 e. The first kappa shape index (κ1) is 118. The molecule has 5 aromatic rings. The molecule has 3 aliphatic rings. The molecule has 3 aliphatic heterocycles. The molecule has 4 aromatic carbocycles. The van der Waals surface area contributed by atoms with Crippen LogP contribution in [0.25, 0.3) is 0 Å². The number of aliphatic hydroxyl groups is 1. The number of amides is 17. The van der Waals surface area contributed by atoms with Gasteiger partial charge in [0.15, 0.2) is 5.96 Å². The molecule has 47 nitrogen and oxygen atoms in total. The third-order valence-electron chi connectivity index (χ3n) is 24.9. The first-order valence-corrected chi connectivity index (χ1v) is 50.7. The van der Waals surface area contributed by atoms with Crippen molar-refractivity contribution in [2.24, 2.45) is 17.2 Å². The van der Waals surface area contributed by atoms with Gasteiger partial charge in [0.2, 0.25) is 100 Å². The van der Waals surface area contributed by atoms with Gasteiger partial charge in [-0.1, -0.05) is 76.2 Å². The molecule has 3 fully saturated rings.